The Bertz CT molecular complexity index is 379. The number of piperidine rings is 1. The predicted molar refractivity (Wildman–Crippen MR) is 63.6 cm³/mol. The van der Waals surface area contributed by atoms with Crippen LogP contribution in [0.25, 0.3) is 0 Å². The second kappa shape index (κ2) is 5.21. The number of nitrogen functional groups attached to an aromatic ring is 1. The van der Waals surface area contributed by atoms with Crippen LogP contribution in [-0.2, 0) is 0 Å². The van der Waals surface area contributed by atoms with Crippen molar-refractivity contribution in [3.63, 3.8) is 0 Å². The lowest BCUT2D eigenvalue weighted by atomic mass is 10.1. The van der Waals surface area contributed by atoms with Gasteiger partial charge in [0, 0.05) is 24.8 Å². The van der Waals surface area contributed by atoms with Gasteiger partial charge in [-0.2, -0.15) is 8.78 Å². The van der Waals surface area contributed by atoms with Gasteiger partial charge in [0.05, 0.1) is 5.69 Å². The predicted octanol–water partition coefficient (Wildman–Crippen LogP) is 2.86. The van der Waals surface area contributed by atoms with Crippen molar-refractivity contribution in [1.29, 1.82) is 0 Å². The highest BCUT2D eigenvalue weighted by Gasteiger charge is 2.14. The highest BCUT2D eigenvalue weighted by Crippen LogP contribution is 2.30. The maximum atomic E-state index is 12.2. The third kappa shape index (κ3) is 2.99. The van der Waals surface area contributed by atoms with E-state index >= 15 is 0 Å². The van der Waals surface area contributed by atoms with Crippen molar-refractivity contribution < 1.29 is 13.5 Å². The zero-order valence-electron chi connectivity index (χ0n) is 9.53. The largest absolute Gasteiger partial charge is 0.433 e. The molecule has 1 aromatic carbocycles. The molecule has 1 aliphatic heterocycles. The van der Waals surface area contributed by atoms with Crippen LogP contribution >= 0.6 is 0 Å². The summed E-state index contributed by atoms with van der Waals surface area (Å²) in [5.74, 6) is 0.0584. The first-order valence-electron chi connectivity index (χ1n) is 5.76. The van der Waals surface area contributed by atoms with Crippen molar-refractivity contribution in [2.24, 2.45) is 0 Å². The van der Waals surface area contributed by atoms with E-state index in [4.69, 9.17) is 5.73 Å². The standard InChI is InChI=1S/C12H16F2N2O/c13-12(14)17-11-8-9(4-5-10(11)15)16-6-2-1-3-7-16/h4-5,8,12H,1-3,6-7,15H2. The van der Waals surface area contributed by atoms with E-state index in [1.54, 1.807) is 12.1 Å². The first-order valence-corrected chi connectivity index (χ1v) is 5.76. The van der Waals surface area contributed by atoms with Crippen LogP contribution in [0.2, 0.25) is 0 Å². The molecule has 1 fully saturated rings. The highest BCUT2D eigenvalue weighted by molar-refractivity contribution is 5.62. The number of hydrogen-bond donors (Lipinski definition) is 1. The number of nitrogens with two attached hydrogens (primary N) is 1. The summed E-state index contributed by atoms with van der Waals surface area (Å²) < 4.78 is 28.8. The van der Waals surface area contributed by atoms with Gasteiger partial charge in [-0.05, 0) is 31.4 Å². The fourth-order valence-electron chi connectivity index (χ4n) is 2.07. The summed E-state index contributed by atoms with van der Waals surface area (Å²) in [5, 5.41) is 0. The van der Waals surface area contributed by atoms with Crippen molar-refractivity contribution in [3.05, 3.63) is 18.2 Å². The molecule has 0 atom stereocenters. The smallest absolute Gasteiger partial charge is 0.387 e. The number of halogens is 2. The summed E-state index contributed by atoms with van der Waals surface area (Å²) in [5.41, 5.74) is 6.73. The van der Waals surface area contributed by atoms with Gasteiger partial charge < -0.3 is 15.4 Å². The summed E-state index contributed by atoms with van der Waals surface area (Å²) in [6.45, 7) is -0.926. The Morgan fingerprint density at radius 1 is 1.18 bits per heavy atom. The Hall–Kier alpha value is -1.52. The van der Waals surface area contributed by atoms with E-state index in [1.807, 2.05) is 6.07 Å². The van der Waals surface area contributed by atoms with E-state index in [9.17, 15) is 8.78 Å². The van der Waals surface area contributed by atoms with Gasteiger partial charge in [0.2, 0.25) is 0 Å². The van der Waals surface area contributed by atoms with Crippen molar-refractivity contribution in [3.8, 4) is 5.75 Å². The molecule has 0 unspecified atom stereocenters. The lowest BCUT2D eigenvalue weighted by molar-refractivity contribution is -0.0493. The van der Waals surface area contributed by atoms with Crippen molar-refractivity contribution in [2.75, 3.05) is 23.7 Å². The molecule has 2 N–H and O–H groups in total. The topological polar surface area (TPSA) is 38.5 Å². The summed E-state index contributed by atoms with van der Waals surface area (Å²) in [6, 6.07) is 5.05. The normalized spacial score (nSPS) is 16.3. The van der Waals surface area contributed by atoms with E-state index in [2.05, 4.69) is 9.64 Å². The summed E-state index contributed by atoms with van der Waals surface area (Å²) >= 11 is 0. The Morgan fingerprint density at radius 2 is 1.88 bits per heavy atom. The summed E-state index contributed by atoms with van der Waals surface area (Å²) in [6.07, 6.45) is 3.50. The van der Waals surface area contributed by atoms with Crippen LogP contribution < -0.4 is 15.4 Å². The molecule has 1 aromatic rings. The molecule has 0 amide bonds. The molecule has 1 aliphatic rings. The molecule has 1 saturated heterocycles. The van der Waals surface area contributed by atoms with Gasteiger partial charge in [0.1, 0.15) is 0 Å². The van der Waals surface area contributed by atoms with Crippen molar-refractivity contribution in [1.82, 2.24) is 0 Å². The number of nitrogens with zero attached hydrogens (tertiary/aromatic N) is 1. The first kappa shape index (κ1) is 12.0. The third-order valence-electron chi connectivity index (χ3n) is 2.93. The Kier molecular flexibility index (Phi) is 3.66. The van der Waals surface area contributed by atoms with Crippen LogP contribution in [0.15, 0.2) is 18.2 Å². The molecule has 1 heterocycles. The molecular weight excluding hydrogens is 226 g/mol. The molecule has 0 saturated carbocycles. The molecule has 94 valence electrons. The van der Waals surface area contributed by atoms with Crippen LogP contribution in [-0.4, -0.2) is 19.7 Å². The molecule has 0 spiro atoms. The van der Waals surface area contributed by atoms with Gasteiger partial charge in [-0.3, -0.25) is 0 Å². The van der Waals surface area contributed by atoms with Gasteiger partial charge in [-0.15, -0.1) is 0 Å². The van der Waals surface area contributed by atoms with Gasteiger partial charge >= 0.3 is 6.61 Å². The molecule has 0 bridgehead atoms. The quantitative estimate of drug-likeness (QED) is 0.828. The number of ether oxygens (including phenoxy) is 1. The maximum absolute atomic E-state index is 12.2. The Morgan fingerprint density at radius 3 is 2.53 bits per heavy atom. The summed E-state index contributed by atoms with van der Waals surface area (Å²) in [7, 11) is 0. The molecule has 3 nitrogen and oxygen atoms in total. The fraction of sp³-hybridized carbons (Fsp3) is 0.500. The lowest BCUT2D eigenvalue weighted by Crippen LogP contribution is -2.29. The zero-order chi connectivity index (χ0) is 12.3. The monoisotopic (exact) mass is 242 g/mol. The van der Waals surface area contributed by atoms with E-state index in [0.717, 1.165) is 31.6 Å². The number of benzene rings is 1. The Labute approximate surface area is 99.2 Å². The third-order valence-corrected chi connectivity index (χ3v) is 2.93. The van der Waals surface area contributed by atoms with Gasteiger partial charge in [-0.1, -0.05) is 0 Å². The molecule has 0 radical (unpaired) electrons. The van der Waals surface area contributed by atoms with E-state index in [-0.39, 0.29) is 11.4 Å². The minimum atomic E-state index is -2.84. The Balaban J connectivity index is 2.17. The van der Waals surface area contributed by atoms with Crippen LogP contribution in [0.3, 0.4) is 0 Å². The van der Waals surface area contributed by atoms with Crippen molar-refractivity contribution >= 4 is 11.4 Å². The molecule has 0 aromatic heterocycles. The average Bonchev–Trinajstić information content (AvgIpc) is 2.32. The van der Waals surface area contributed by atoms with Crippen LogP contribution in [0.5, 0.6) is 5.75 Å². The van der Waals surface area contributed by atoms with Crippen LogP contribution in [0.4, 0.5) is 20.2 Å². The van der Waals surface area contributed by atoms with E-state index in [1.165, 1.54) is 6.42 Å². The van der Waals surface area contributed by atoms with E-state index < -0.39 is 6.61 Å². The number of anilines is 2. The molecular formula is C12H16F2N2O. The maximum Gasteiger partial charge on any atom is 0.387 e. The van der Waals surface area contributed by atoms with Gasteiger partial charge in [0.15, 0.2) is 5.75 Å². The first-order chi connectivity index (χ1) is 8.16. The molecule has 17 heavy (non-hydrogen) atoms. The minimum absolute atomic E-state index is 0.0584. The highest BCUT2D eigenvalue weighted by atomic mass is 19.3. The second-order valence-electron chi connectivity index (χ2n) is 4.15. The number of hydrogen-bond acceptors (Lipinski definition) is 3. The minimum Gasteiger partial charge on any atom is -0.433 e. The lowest BCUT2D eigenvalue weighted by Gasteiger charge is -2.29. The SMILES string of the molecule is Nc1ccc(N2CCCCC2)cc1OC(F)F. The van der Waals surface area contributed by atoms with Crippen molar-refractivity contribution in [2.45, 2.75) is 25.9 Å². The van der Waals surface area contributed by atoms with E-state index in [0.29, 0.717) is 0 Å². The average molecular weight is 242 g/mol. The molecule has 5 heteroatoms. The number of alkyl halides is 2. The second-order valence-corrected chi connectivity index (χ2v) is 4.15. The van der Waals surface area contributed by atoms with Crippen LogP contribution in [0, 0.1) is 0 Å². The number of rotatable bonds is 3. The van der Waals surface area contributed by atoms with Gasteiger partial charge in [0.25, 0.3) is 0 Å². The molecule has 0 aliphatic carbocycles. The van der Waals surface area contributed by atoms with Gasteiger partial charge in [-0.25, -0.2) is 0 Å². The zero-order valence-corrected chi connectivity index (χ0v) is 9.53. The fourth-order valence-corrected chi connectivity index (χ4v) is 2.07. The van der Waals surface area contributed by atoms with Crippen LogP contribution in [0.1, 0.15) is 19.3 Å². The summed E-state index contributed by atoms with van der Waals surface area (Å²) in [4.78, 5) is 2.17. The molecule has 2 rings (SSSR count).